The number of nitrogens with two attached hydrogens (primary N) is 6. The largest absolute Gasteiger partial charge is 0.369 e. The van der Waals surface area contributed by atoms with Crippen LogP contribution in [0.5, 0.6) is 0 Å². The summed E-state index contributed by atoms with van der Waals surface area (Å²) in [4.78, 5) is 121. The highest BCUT2D eigenvalue weighted by molar-refractivity contribution is 7.17. The van der Waals surface area contributed by atoms with Gasteiger partial charge in [-0.2, -0.15) is 15.6 Å². The Morgan fingerprint density at radius 2 is 0.904 bits per heavy atom. The zero-order valence-corrected chi connectivity index (χ0v) is 84.4. The summed E-state index contributed by atoms with van der Waals surface area (Å²) in [5, 5.41) is 29.6. The van der Waals surface area contributed by atoms with Crippen LogP contribution >= 0.6 is 45.3 Å². The van der Waals surface area contributed by atoms with E-state index >= 15 is 0 Å². The predicted molar refractivity (Wildman–Crippen MR) is 557 cm³/mol. The number of primary amides is 1. The number of aromatic nitrogens is 2. The lowest BCUT2D eigenvalue weighted by Crippen LogP contribution is -2.52. The van der Waals surface area contributed by atoms with Crippen molar-refractivity contribution in [1.29, 1.82) is 10.5 Å². The van der Waals surface area contributed by atoms with Crippen molar-refractivity contribution in [2.45, 2.75) is 119 Å². The molecule has 19 rings (SSSR count). The first-order valence-corrected chi connectivity index (χ1v) is 49.0. The molecule has 5 aliphatic rings. The molecule has 27 nitrogen and oxygen atoms in total. The second-order valence-corrected chi connectivity index (χ2v) is 40.4. The normalized spacial score (nSPS) is 19.7. The fourth-order valence-electron chi connectivity index (χ4n) is 17.9. The van der Waals surface area contributed by atoms with E-state index in [-0.39, 0.29) is 70.9 Å². The lowest BCUT2D eigenvalue weighted by Gasteiger charge is -2.40. The van der Waals surface area contributed by atoms with Crippen molar-refractivity contribution in [3.05, 3.63) is 357 Å². The van der Waals surface area contributed by atoms with Crippen molar-refractivity contribution in [2.75, 3.05) is 28.2 Å². The Hall–Kier alpha value is -16.4. The Labute approximate surface area is 853 Å². The molecule has 0 aliphatic carbocycles. The van der Waals surface area contributed by atoms with Gasteiger partial charge in [-0.05, 0) is 226 Å². The SMILES string of the molecule is CC(=O)c1ccc(-c2cccc(CN3C(=O)C(c4ccccc4)(c4ccccc4)N=C3N)c2)s1.CN1C(=O)C[C@@](C)(c2cc(-c3cccc(C(N)=O)c3)cs2)N=C1N.CN1C(=O)C[C@@](C)(c2ccc3cn(C)nc3c2)N=C1N.CN1C(=O)[C@@H](c2ccc(C(C)(F)F)c(F)c2)[C@@](C)(c2cc(-c3cccc(C#N)c3)cs2)N=C1N.CN1C(=O)[C@H](c2ccc(C(C)(F)F)c(F)c2)[C@@](C)(c2cc(-c3cccc(C#N)c3)cs2)N=C1N. The molecule has 37 heteroatoms. The van der Waals surface area contributed by atoms with Crippen LogP contribution < -0.4 is 34.4 Å². The zero-order chi connectivity index (χ0) is 105. The minimum Gasteiger partial charge on any atom is -0.369 e. The molecule has 0 saturated heterocycles. The molecule has 0 unspecified atom stereocenters. The minimum absolute atomic E-state index is 0.00219. The first-order chi connectivity index (χ1) is 69.1. The number of hydrogen-bond acceptors (Lipinski definition) is 24. The number of thiophene rings is 4. The fraction of sp³-hybridized carbons (Fsp3) is 0.220. The summed E-state index contributed by atoms with van der Waals surface area (Å²) in [6, 6.07) is 74.7. The van der Waals surface area contributed by atoms with Crippen LogP contribution in [0.1, 0.15) is 163 Å². The van der Waals surface area contributed by atoms with E-state index in [1.54, 1.807) is 99.0 Å². The van der Waals surface area contributed by atoms with Crippen molar-refractivity contribution in [3.8, 4) is 56.0 Å². The van der Waals surface area contributed by atoms with E-state index in [9.17, 15) is 70.4 Å². The lowest BCUT2D eigenvalue weighted by molar-refractivity contribution is -0.131. The number of aryl methyl sites for hydroxylation is 1. The van der Waals surface area contributed by atoms with Gasteiger partial charge in [-0.25, -0.2) is 51.3 Å². The van der Waals surface area contributed by atoms with E-state index in [0.29, 0.717) is 53.3 Å². The van der Waals surface area contributed by atoms with Gasteiger partial charge in [0.2, 0.25) is 29.5 Å². The van der Waals surface area contributed by atoms with Gasteiger partial charge in [0.05, 0.1) is 81.5 Å². The number of aliphatic imine (C=N–C) groups is 5. The van der Waals surface area contributed by atoms with Crippen LogP contribution in [0, 0.1) is 34.3 Å². The first-order valence-electron chi connectivity index (χ1n) is 45.5. The average Bonchev–Trinajstić information content (AvgIpc) is 1.44. The van der Waals surface area contributed by atoms with E-state index in [4.69, 9.17) is 39.4 Å². The predicted octanol–water partition coefficient (Wildman–Crippen LogP) is 18.7. The molecule has 0 fully saturated rings. The van der Waals surface area contributed by atoms with Gasteiger partial charge >= 0.3 is 0 Å². The molecule has 0 saturated carbocycles. The first kappa shape index (κ1) is 104. The van der Waals surface area contributed by atoms with Gasteiger partial charge in [-0.3, -0.25) is 62.7 Å². The molecule has 146 heavy (non-hydrogen) atoms. The Kier molecular flexibility index (Phi) is 29.3. The van der Waals surface area contributed by atoms with Crippen molar-refractivity contribution in [2.24, 2.45) is 66.4 Å². The monoisotopic (exact) mass is 2040 g/mol. The maximum Gasteiger partial charge on any atom is 0.273 e. The number of hydrogen-bond donors (Lipinski definition) is 6. The number of guanidine groups is 5. The van der Waals surface area contributed by atoms with Gasteiger partial charge < -0.3 is 34.4 Å². The summed E-state index contributed by atoms with van der Waals surface area (Å²) in [6.07, 6.45) is 2.53. The molecule has 0 bridgehead atoms. The number of fused-ring (bicyclic) bond motifs is 1. The Morgan fingerprint density at radius 3 is 1.36 bits per heavy atom. The number of halogens is 6. The van der Waals surface area contributed by atoms with E-state index in [1.165, 1.54) is 91.2 Å². The molecule has 744 valence electrons. The van der Waals surface area contributed by atoms with Crippen LogP contribution in [-0.2, 0) is 77.1 Å². The molecule has 12 N–H and O–H groups in total. The molecule has 0 radical (unpaired) electrons. The number of benzene rings is 9. The molecule has 6 atom stereocenters. The quantitative estimate of drug-likeness (QED) is 0.0343. The third-order valence-electron chi connectivity index (χ3n) is 26.1. The Bertz CT molecular complexity index is 7510. The number of alkyl halides is 4. The van der Waals surface area contributed by atoms with Gasteiger partial charge in [-0.15, -0.1) is 45.3 Å². The molecular weight excluding hydrogens is 1940 g/mol. The third-order valence-corrected chi connectivity index (χ3v) is 30.8. The number of likely N-dealkylation sites (N-methyl/N-ethyl adjacent to an activating group) is 2. The van der Waals surface area contributed by atoms with Crippen LogP contribution in [0.15, 0.2) is 290 Å². The fourth-order valence-corrected chi connectivity index (χ4v) is 21.9. The highest BCUT2D eigenvalue weighted by Gasteiger charge is 2.53. The van der Waals surface area contributed by atoms with Crippen LogP contribution in [-0.4, -0.2) is 133 Å². The summed E-state index contributed by atoms with van der Waals surface area (Å²) < 4.78 is 86.1. The maximum absolute atomic E-state index is 14.7. The van der Waals surface area contributed by atoms with Crippen LogP contribution in [0.25, 0.3) is 54.7 Å². The molecule has 14 aromatic rings. The molecule has 5 aromatic heterocycles. The molecule has 5 aliphatic heterocycles. The van der Waals surface area contributed by atoms with Gasteiger partial charge in [0, 0.05) is 85.7 Å². The molecule has 6 amide bonds. The topological polar surface area (TPSA) is 419 Å². The standard InChI is InChI=1S/C28H23N3O2S.2C25H21F3N4OS.C17H18N4O2S.C14H17N5O/c1-19(32)24-15-16-25(34-24)21-10-8-9-20(17-21)18-31-26(33)28(30-27(31)29,22-11-4-2-5-12-22)23-13-6-3-7-14-23;2*1-24(20-11-17(13-34-20)15-6-4-5-14(9-15)12-29)21(22(33)32(3)23(30)31-24)16-7-8-18(19(26)10-16)25(2,27)28;1-17(8-14(22)21(2)16(19)20-17)13-7-12(9-24-13)10-4-3-5-11(6-10)15(18)23;1-14(7-12(20)19(3)13(15)16-14)10-5-4-9-8-18(2)17-11(9)6-10/h2-17H,18H2,1H3,(H2,29,30);2*4-11,13,21H,1-3H3,(H2,30,31);3-7,9H,8H2,1-2H3,(H2,18,23)(H2,19,20);4-6,8H,7H2,1-3H3,(H2,15,16)/t;21-,24+;21-,24-;17-;14-/m.0100/s1. The van der Waals surface area contributed by atoms with E-state index in [2.05, 4.69) is 37.2 Å². The van der Waals surface area contributed by atoms with Gasteiger partial charge in [0.25, 0.3) is 17.8 Å². The van der Waals surface area contributed by atoms with E-state index in [1.807, 2.05) is 195 Å². The highest BCUT2D eigenvalue weighted by atomic mass is 32.1. The highest BCUT2D eigenvalue weighted by Crippen LogP contribution is 2.52. The Morgan fingerprint density at radius 1 is 0.459 bits per heavy atom. The summed E-state index contributed by atoms with van der Waals surface area (Å²) >= 11 is 5.68. The van der Waals surface area contributed by atoms with Crippen molar-refractivity contribution < 1.29 is 59.9 Å². The van der Waals surface area contributed by atoms with E-state index in [0.717, 1.165) is 111 Å². The number of Topliss-reactive ketones (excluding diaryl/α,β-unsaturated/α-hetero) is 1. The number of nitriles is 2. The number of ketones is 1. The van der Waals surface area contributed by atoms with Crippen LogP contribution in [0.4, 0.5) is 26.3 Å². The number of nitrogens with zero attached hydrogens (tertiary/aromatic N) is 14. The summed E-state index contributed by atoms with van der Waals surface area (Å²) in [5.74, 6) is -11.7. The van der Waals surface area contributed by atoms with Crippen LogP contribution in [0.3, 0.4) is 0 Å². The average molecular weight is 2040 g/mol. The summed E-state index contributed by atoms with van der Waals surface area (Å²) in [5.41, 5.74) is 41.5. The molecule has 9 aromatic carbocycles. The van der Waals surface area contributed by atoms with E-state index < -0.39 is 91.9 Å². The van der Waals surface area contributed by atoms with Crippen molar-refractivity contribution in [1.82, 2.24) is 34.3 Å². The molecule has 10 heterocycles. The smallest absolute Gasteiger partial charge is 0.273 e. The lowest BCUT2D eigenvalue weighted by atomic mass is 9.77. The molecular formula is C109H100F6N20O7S4. The minimum atomic E-state index is -3.36. The van der Waals surface area contributed by atoms with Crippen molar-refractivity contribution >= 4 is 127 Å². The third kappa shape index (κ3) is 21.1. The van der Waals surface area contributed by atoms with Crippen LogP contribution in [0.2, 0.25) is 0 Å². The number of amides is 6. The number of carbonyl (C=O) groups excluding carboxylic acids is 7. The zero-order valence-electron chi connectivity index (χ0n) is 81.2. The summed E-state index contributed by atoms with van der Waals surface area (Å²) in [6.45, 7) is 10.4. The maximum atomic E-state index is 14.7. The number of rotatable bonds is 18. The molecule has 0 spiro atoms. The van der Waals surface area contributed by atoms with Gasteiger partial charge in [0.1, 0.15) is 28.3 Å². The van der Waals surface area contributed by atoms with Crippen molar-refractivity contribution in [3.63, 3.8) is 0 Å². The second kappa shape index (κ2) is 41.2. The second-order valence-electron chi connectivity index (χ2n) is 36.6. The summed E-state index contributed by atoms with van der Waals surface area (Å²) in [7, 11) is 8.08. The van der Waals surface area contributed by atoms with Gasteiger partial charge in [0.15, 0.2) is 41.1 Å². The number of carbonyl (C=O) groups is 7. The Balaban J connectivity index is 0.000000139. The van der Waals surface area contributed by atoms with Gasteiger partial charge in [-0.1, -0.05) is 140 Å².